The molecule has 0 amide bonds. The normalized spacial score (nSPS) is 10.4. The third-order valence-electron chi connectivity index (χ3n) is 2.55. The molecule has 5 nitrogen and oxygen atoms in total. The molecule has 0 spiro atoms. The van der Waals surface area contributed by atoms with Crippen molar-refractivity contribution in [1.29, 1.82) is 0 Å². The Bertz CT molecular complexity index is 491. The summed E-state index contributed by atoms with van der Waals surface area (Å²) in [4.78, 5) is 6.25. The molecular weight excluding hydrogens is 230 g/mol. The fraction of sp³-hybridized carbons (Fsp3) is 0.308. The maximum absolute atomic E-state index is 8.89. The van der Waals surface area contributed by atoms with Crippen molar-refractivity contribution in [2.45, 2.75) is 13.2 Å². The number of hydrogen-bond donors (Lipinski definition) is 2. The SMILES string of the molecule is CN(C)c1ccc(NCc2ccc(CO)o2)cn1. The summed E-state index contributed by atoms with van der Waals surface area (Å²) in [6.07, 6.45) is 1.78. The zero-order valence-corrected chi connectivity index (χ0v) is 10.6. The van der Waals surface area contributed by atoms with Crippen molar-refractivity contribution in [3.63, 3.8) is 0 Å². The predicted molar refractivity (Wildman–Crippen MR) is 70.5 cm³/mol. The van der Waals surface area contributed by atoms with E-state index in [-0.39, 0.29) is 6.61 Å². The molecule has 0 unspecified atom stereocenters. The van der Waals surface area contributed by atoms with Gasteiger partial charge in [-0.05, 0) is 24.3 Å². The first-order valence-electron chi connectivity index (χ1n) is 5.75. The Labute approximate surface area is 106 Å². The molecule has 0 aliphatic heterocycles. The van der Waals surface area contributed by atoms with Crippen LogP contribution in [0.2, 0.25) is 0 Å². The van der Waals surface area contributed by atoms with E-state index in [1.54, 1.807) is 12.3 Å². The van der Waals surface area contributed by atoms with Crippen LogP contribution in [-0.2, 0) is 13.2 Å². The van der Waals surface area contributed by atoms with Crippen molar-refractivity contribution in [2.24, 2.45) is 0 Å². The third-order valence-corrected chi connectivity index (χ3v) is 2.55. The van der Waals surface area contributed by atoms with Gasteiger partial charge in [-0.25, -0.2) is 4.98 Å². The third kappa shape index (κ3) is 3.01. The van der Waals surface area contributed by atoms with Gasteiger partial charge >= 0.3 is 0 Å². The predicted octanol–water partition coefficient (Wildman–Crippen LogP) is 1.84. The van der Waals surface area contributed by atoms with Crippen molar-refractivity contribution >= 4 is 11.5 Å². The van der Waals surface area contributed by atoms with Crippen LogP contribution in [0.5, 0.6) is 0 Å². The number of pyridine rings is 1. The van der Waals surface area contributed by atoms with Gasteiger partial charge in [0.15, 0.2) is 0 Å². The van der Waals surface area contributed by atoms with E-state index < -0.39 is 0 Å². The minimum atomic E-state index is -0.0703. The van der Waals surface area contributed by atoms with Gasteiger partial charge in [-0.3, -0.25) is 0 Å². The maximum Gasteiger partial charge on any atom is 0.129 e. The molecular formula is C13H17N3O2. The molecule has 96 valence electrons. The Morgan fingerprint density at radius 3 is 2.56 bits per heavy atom. The van der Waals surface area contributed by atoms with Crippen molar-refractivity contribution in [3.05, 3.63) is 42.0 Å². The van der Waals surface area contributed by atoms with Gasteiger partial charge in [0.2, 0.25) is 0 Å². The second-order valence-corrected chi connectivity index (χ2v) is 4.18. The Kier molecular flexibility index (Phi) is 3.84. The first kappa shape index (κ1) is 12.4. The van der Waals surface area contributed by atoms with E-state index in [2.05, 4.69) is 10.3 Å². The summed E-state index contributed by atoms with van der Waals surface area (Å²) in [6.45, 7) is 0.502. The molecule has 2 aromatic rings. The molecule has 2 heterocycles. The molecule has 2 N–H and O–H groups in total. The van der Waals surface area contributed by atoms with Crippen LogP contribution in [0.15, 0.2) is 34.9 Å². The van der Waals surface area contributed by atoms with E-state index >= 15 is 0 Å². The second kappa shape index (κ2) is 5.55. The number of nitrogens with one attached hydrogen (secondary N) is 1. The fourth-order valence-electron chi connectivity index (χ4n) is 1.55. The van der Waals surface area contributed by atoms with Crippen LogP contribution in [0.1, 0.15) is 11.5 Å². The van der Waals surface area contributed by atoms with Crippen molar-refractivity contribution in [3.8, 4) is 0 Å². The number of aliphatic hydroxyl groups excluding tert-OH is 1. The molecule has 0 radical (unpaired) electrons. The number of nitrogens with zero attached hydrogens (tertiary/aromatic N) is 2. The summed E-state index contributed by atoms with van der Waals surface area (Å²) in [6, 6.07) is 7.53. The number of hydrogen-bond acceptors (Lipinski definition) is 5. The van der Waals surface area contributed by atoms with E-state index in [1.165, 1.54) is 0 Å². The van der Waals surface area contributed by atoms with Crippen LogP contribution < -0.4 is 10.2 Å². The average Bonchev–Trinajstić information content (AvgIpc) is 2.85. The van der Waals surface area contributed by atoms with E-state index in [4.69, 9.17) is 9.52 Å². The molecule has 0 aliphatic rings. The van der Waals surface area contributed by atoms with Gasteiger partial charge in [-0.15, -0.1) is 0 Å². The monoisotopic (exact) mass is 247 g/mol. The van der Waals surface area contributed by atoms with Crippen LogP contribution in [0.25, 0.3) is 0 Å². The minimum absolute atomic E-state index is 0.0703. The molecule has 0 bridgehead atoms. The lowest BCUT2D eigenvalue weighted by Crippen LogP contribution is -2.10. The summed E-state index contributed by atoms with van der Waals surface area (Å²) >= 11 is 0. The zero-order valence-electron chi connectivity index (χ0n) is 10.6. The second-order valence-electron chi connectivity index (χ2n) is 4.18. The van der Waals surface area contributed by atoms with Crippen molar-refractivity contribution in [2.75, 3.05) is 24.3 Å². The zero-order chi connectivity index (χ0) is 13.0. The number of rotatable bonds is 5. The van der Waals surface area contributed by atoms with Crippen LogP contribution in [0.3, 0.4) is 0 Å². The topological polar surface area (TPSA) is 61.5 Å². The lowest BCUT2D eigenvalue weighted by atomic mass is 10.3. The van der Waals surface area contributed by atoms with Crippen LogP contribution in [-0.4, -0.2) is 24.2 Å². The van der Waals surface area contributed by atoms with Crippen molar-refractivity contribution in [1.82, 2.24) is 4.98 Å². The number of anilines is 2. The Hall–Kier alpha value is -2.01. The molecule has 0 atom stereocenters. The average molecular weight is 247 g/mol. The molecule has 5 heteroatoms. The summed E-state index contributed by atoms with van der Waals surface area (Å²) in [5.41, 5.74) is 0.933. The molecule has 0 saturated heterocycles. The first-order chi connectivity index (χ1) is 8.69. The summed E-state index contributed by atoms with van der Waals surface area (Å²) in [5, 5.41) is 12.1. The molecule has 0 aromatic carbocycles. The van der Waals surface area contributed by atoms with Gasteiger partial charge in [0.25, 0.3) is 0 Å². The lowest BCUT2D eigenvalue weighted by Gasteiger charge is -2.11. The molecule has 0 fully saturated rings. The van der Waals surface area contributed by atoms with E-state index in [1.807, 2.05) is 37.2 Å². The first-order valence-corrected chi connectivity index (χ1v) is 5.75. The standard InChI is InChI=1S/C13H17N3O2/c1-16(2)13-6-3-10(7-15-13)14-8-11-4-5-12(9-17)18-11/h3-7,14,17H,8-9H2,1-2H3. The van der Waals surface area contributed by atoms with Gasteiger partial charge in [0, 0.05) is 14.1 Å². The molecule has 2 aromatic heterocycles. The maximum atomic E-state index is 8.89. The Morgan fingerprint density at radius 2 is 2.00 bits per heavy atom. The largest absolute Gasteiger partial charge is 0.462 e. The lowest BCUT2D eigenvalue weighted by molar-refractivity contribution is 0.244. The van der Waals surface area contributed by atoms with E-state index in [0.29, 0.717) is 12.3 Å². The smallest absolute Gasteiger partial charge is 0.129 e. The van der Waals surface area contributed by atoms with Gasteiger partial charge in [0.1, 0.15) is 23.9 Å². The van der Waals surface area contributed by atoms with Crippen LogP contribution in [0, 0.1) is 0 Å². The van der Waals surface area contributed by atoms with Gasteiger partial charge in [-0.2, -0.15) is 0 Å². The summed E-state index contributed by atoms with van der Waals surface area (Å²) < 4.78 is 5.38. The molecule has 2 rings (SSSR count). The number of furan rings is 1. The van der Waals surface area contributed by atoms with Crippen LogP contribution >= 0.6 is 0 Å². The van der Waals surface area contributed by atoms with Crippen molar-refractivity contribution < 1.29 is 9.52 Å². The van der Waals surface area contributed by atoms with Gasteiger partial charge in [-0.1, -0.05) is 0 Å². The van der Waals surface area contributed by atoms with Gasteiger partial charge < -0.3 is 19.7 Å². The molecule has 0 saturated carbocycles. The highest BCUT2D eigenvalue weighted by Crippen LogP contribution is 2.14. The Morgan fingerprint density at radius 1 is 1.22 bits per heavy atom. The highest BCUT2D eigenvalue weighted by molar-refractivity contribution is 5.47. The molecule has 0 aliphatic carbocycles. The van der Waals surface area contributed by atoms with Crippen LogP contribution in [0.4, 0.5) is 11.5 Å². The quantitative estimate of drug-likeness (QED) is 0.844. The number of aromatic nitrogens is 1. The highest BCUT2D eigenvalue weighted by atomic mass is 16.4. The van der Waals surface area contributed by atoms with E-state index in [0.717, 1.165) is 17.3 Å². The number of aliphatic hydroxyl groups is 1. The van der Waals surface area contributed by atoms with E-state index in [9.17, 15) is 0 Å². The fourth-order valence-corrected chi connectivity index (χ4v) is 1.55. The highest BCUT2D eigenvalue weighted by Gasteiger charge is 2.01. The molecule has 18 heavy (non-hydrogen) atoms. The van der Waals surface area contributed by atoms with Gasteiger partial charge in [0.05, 0.1) is 18.4 Å². The summed E-state index contributed by atoms with van der Waals surface area (Å²) in [5.74, 6) is 2.28. The Balaban J connectivity index is 1.93. The summed E-state index contributed by atoms with van der Waals surface area (Å²) in [7, 11) is 3.91. The minimum Gasteiger partial charge on any atom is -0.462 e.